The zero-order valence-corrected chi connectivity index (χ0v) is 9.98. The molecule has 17 heavy (non-hydrogen) atoms. The molecule has 0 aliphatic carbocycles. The Morgan fingerprint density at radius 2 is 2.24 bits per heavy atom. The number of thiol groups is 1. The molecule has 0 atom stereocenters. The molecule has 1 aromatic heterocycles. The van der Waals surface area contributed by atoms with E-state index in [-0.39, 0.29) is 5.17 Å². The molecule has 0 saturated carbocycles. The van der Waals surface area contributed by atoms with E-state index in [4.69, 9.17) is 16.2 Å². The maximum atomic E-state index is 13.5. The van der Waals surface area contributed by atoms with Gasteiger partial charge in [0.25, 0.3) is 0 Å². The van der Waals surface area contributed by atoms with Gasteiger partial charge in [0, 0.05) is 36.8 Å². The smallest absolute Gasteiger partial charge is 0.167 e. The summed E-state index contributed by atoms with van der Waals surface area (Å²) in [6.07, 6.45) is 3.97. The summed E-state index contributed by atoms with van der Waals surface area (Å²) < 4.78 is 14.5. The Kier molecular flexibility index (Phi) is 4.22. The van der Waals surface area contributed by atoms with Gasteiger partial charge in [-0.2, -0.15) is 0 Å². The standard InChI is InChI=1S/C10H12FN5S/c1-15-4-7(3-12)6-2-8(11)9(13)16(5-6)10(14)17/h2-5,12-13,15H,1H3,(H2,14,17)/b7-4+,12-3?,13-9?. The van der Waals surface area contributed by atoms with Crippen molar-refractivity contribution in [2.45, 2.75) is 0 Å². The quantitative estimate of drug-likeness (QED) is 0.311. The first-order chi connectivity index (χ1) is 8.01. The van der Waals surface area contributed by atoms with E-state index in [1.54, 1.807) is 7.05 Å². The minimum absolute atomic E-state index is 0.260. The summed E-state index contributed by atoms with van der Waals surface area (Å²) in [6, 6.07) is 1.14. The molecule has 4 N–H and O–H groups in total. The van der Waals surface area contributed by atoms with Crippen LogP contribution in [0.5, 0.6) is 0 Å². The second kappa shape index (κ2) is 5.44. The van der Waals surface area contributed by atoms with Crippen molar-refractivity contribution in [1.29, 1.82) is 16.2 Å². The summed E-state index contributed by atoms with van der Waals surface area (Å²) in [5.41, 5.74) is 0.388. The summed E-state index contributed by atoms with van der Waals surface area (Å²) in [6.45, 7) is 0. The van der Waals surface area contributed by atoms with Crippen LogP contribution < -0.4 is 10.8 Å². The molecule has 1 rings (SSSR count). The highest BCUT2D eigenvalue weighted by atomic mass is 32.1. The fourth-order valence-electron chi connectivity index (χ4n) is 1.25. The monoisotopic (exact) mass is 253 g/mol. The molecule has 0 bridgehead atoms. The van der Waals surface area contributed by atoms with Crippen LogP contribution in [0.1, 0.15) is 5.56 Å². The Morgan fingerprint density at radius 1 is 1.59 bits per heavy atom. The van der Waals surface area contributed by atoms with E-state index < -0.39 is 11.3 Å². The highest BCUT2D eigenvalue weighted by Gasteiger charge is 2.07. The molecule has 0 aliphatic rings. The van der Waals surface area contributed by atoms with Gasteiger partial charge >= 0.3 is 0 Å². The third kappa shape index (κ3) is 2.82. The van der Waals surface area contributed by atoms with Crippen molar-refractivity contribution in [2.75, 3.05) is 7.05 Å². The topological polar surface area (TPSA) is 88.5 Å². The van der Waals surface area contributed by atoms with Gasteiger partial charge in [-0.25, -0.2) is 4.39 Å². The van der Waals surface area contributed by atoms with E-state index in [2.05, 4.69) is 17.9 Å². The highest BCUT2D eigenvalue weighted by molar-refractivity contribution is 7.96. The lowest BCUT2D eigenvalue weighted by atomic mass is 10.1. The van der Waals surface area contributed by atoms with Gasteiger partial charge in [-0.15, -0.1) is 12.6 Å². The molecule has 0 aliphatic heterocycles. The Hall–Kier alpha value is -1.89. The van der Waals surface area contributed by atoms with Crippen molar-refractivity contribution >= 4 is 29.6 Å². The molecule has 1 aromatic rings. The summed E-state index contributed by atoms with van der Waals surface area (Å²) in [7, 11) is 1.66. The third-order valence-corrected chi connectivity index (χ3v) is 2.25. The van der Waals surface area contributed by atoms with E-state index in [0.717, 1.165) is 16.8 Å². The number of hydrogen-bond acceptors (Lipinski definition) is 4. The predicted molar refractivity (Wildman–Crippen MR) is 68.2 cm³/mol. The number of nitrogens with one attached hydrogen (secondary N) is 4. The largest absolute Gasteiger partial charge is 0.393 e. The third-order valence-electron chi connectivity index (χ3n) is 2.03. The fourth-order valence-corrected chi connectivity index (χ4v) is 1.41. The van der Waals surface area contributed by atoms with Crippen LogP contribution in [0, 0.1) is 22.0 Å². The Balaban J connectivity index is 3.47. The lowest BCUT2D eigenvalue weighted by molar-refractivity contribution is 0.590. The first kappa shape index (κ1) is 13.2. The van der Waals surface area contributed by atoms with Crippen molar-refractivity contribution in [3.8, 4) is 0 Å². The van der Waals surface area contributed by atoms with Crippen LogP contribution in [0.15, 0.2) is 18.5 Å². The van der Waals surface area contributed by atoms with Gasteiger partial charge in [-0.3, -0.25) is 15.4 Å². The maximum absolute atomic E-state index is 13.5. The number of halogens is 1. The summed E-state index contributed by atoms with van der Waals surface area (Å²) in [4.78, 5) is 0. The molecule has 5 nitrogen and oxygen atoms in total. The number of pyridine rings is 1. The molecule has 90 valence electrons. The zero-order chi connectivity index (χ0) is 13.0. The van der Waals surface area contributed by atoms with Crippen LogP contribution in [0.3, 0.4) is 0 Å². The molecule has 0 radical (unpaired) electrons. The van der Waals surface area contributed by atoms with Crippen LogP contribution in [0.2, 0.25) is 0 Å². The van der Waals surface area contributed by atoms with E-state index in [1.165, 1.54) is 12.4 Å². The molecule has 0 amide bonds. The Labute approximate surface area is 103 Å². The van der Waals surface area contributed by atoms with Crippen LogP contribution in [0.25, 0.3) is 5.57 Å². The van der Waals surface area contributed by atoms with Gasteiger partial charge < -0.3 is 10.7 Å². The molecule has 0 saturated heterocycles. The van der Waals surface area contributed by atoms with Gasteiger partial charge in [0.2, 0.25) is 0 Å². The normalized spacial score (nSPS) is 11.1. The van der Waals surface area contributed by atoms with Gasteiger partial charge in [-0.1, -0.05) is 0 Å². The van der Waals surface area contributed by atoms with Crippen molar-refractivity contribution in [1.82, 2.24) is 9.88 Å². The Bertz CT molecular complexity index is 546. The van der Waals surface area contributed by atoms with E-state index in [1.807, 2.05) is 0 Å². The number of nitrogens with zero attached hydrogens (tertiary/aromatic N) is 1. The minimum atomic E-state index is -0.773. The fraction of sp³-hybridized carbons (Fsp3) is 0.100. The van der Waals surface area contributed by atoms with E-state index >= 15 is 0 Å². The van der Waals surface area contributed by atoms with E-state index in [0.29, 0.717) is 11.1 Å². The first-order valence-electron chi connectivity index (χ1n) is 4.64. The summed E-state index contributed by atoms with van der Waals surface area (Å²) >= 11 is 3.77. The minimum Gasteiger partial charge on any atom is -0.393 e. The van der Waals surface area contributed by atoms with Crippen molar-refractivity contribution in [2.24, 2.45) is 0 Å². The highest BCUT2D eigenvalue weighted by Crippen LogP contribution is 2.11. The van der Waals surface area contributed by atoms with Crippen LogP contribution in [-0.2, 0) is 0 Å². The van der Waals surface area contributed by atoms with Gasteiger partial charge in [0.15, 0.2) is 16.5 Å². The molecular formula is C10H12FN5S. The van der Waals surface area contributed by atoms with Crippen molar-refractivity contribution in [3.63, 3.8) is 0 Å². The molecule has 0 spiro atoms. The second-order valence-electron chi connectivity index (χ2n) is 3.15. The maximum Gasteiger partial charge on any atom is 0.167 e. The van der Waals surface area contributed by atoms with Gasteiger partial charge in [-0.05, 0) is 6.07 Å². The van der Waals surface area contributed by atoms with Crippen molar-refractivity contribution in [3.05, 3.63) is 35.3 Å². The molecule has 1 heterocycles. The molecule has 0 unspecified atom stereocenters. The van der Waals surface area contributed by atoms with E-state index in [9.17, 15) is 4.39 Å². The van der Waals surface area contributed by atoms with Gasteiger partial charge in [0.1, 0.15) is 0 Å². The second-order valence-corrected chi connectivity index (χ2v) is 3.58. The van der Waals surface area contributed by atoms with Crippen LogP contribution in [0.4, 0.5) is 4.39 Å². The average molecular weight is 253 g/mol. The SMILES string of the molecule is CN/C=C(\C=N)c1cc(F)c(=N)n(C(=N)S)c1. The lowest BCUT2D eigenvalue weighted by Crippen LogP contribution is -2.26. The number of aromatic nitrogens is 1. The number of allylic oxidation sites excluding steroid dienone is 1. The van der Waals surface area contributed by atoms with Crippen molar-refractivity contribution < 1.29 is 4.39 Å². The zero-order valence-electron chi connectivity index (χ0n) is 9.08. The number of rotatable bonds is 3. The predicted octanol–water partition coefficient (Wildman–Crippen LogP) is 1.03. The first-order valence-corrected chi connectivity index (χ1v) is 5.09. The molecular weight excluding hydrogens is 241 g/mol. The van der Waals surface area contributed by atoms with Crippen LogP contribution in [-0.4, -0.2) is 23.0 Å². The lowest BCUT2D eigenvalue weighted by Gasteiger charge is -2.08. The molecule has 0 aromatic carbocycles. The molecule has 7 heteroatoms. The summed E-state index contributed by atoms with van der Waals surface area (Å²) in [5, 5.41) is 24.4. The Morgan fingerprint density at radius 3 is 2.71 bits per heavy atom. The molecule has 0 fully saturated rings. The van der Waals surface area contributed by atoms with Crippen LogP contribution >= 0.6 is 12.6 Å². The van der Waals surface area contributed by atoms with Gasteiger partial charge in [0.05, 0.1) is 0 Å². The summed E-state index contributed by atoms with van der Waals surface area (Å²) in [5.74, 6) is -0.773. The number of hydrogen-bond donors (Lipinski definition) is 5. The average Bonchev–Trinajstić information content (AvgIpc) is 2.29.